The van der Waals surface area contributed by atoms with Gasteiger partial charge < -0.3 is 10.4 Å². The predicted molar refractivity (Wildman–Crippen MR) is 85.2 cm³/mol. The van der Waals surface area contributed by atoms with Gasteiger partial charge in [-0.05, 0) is 36.8 Å². The van der Waals surface area contributed by atoms with E-state index in [9.17, 15) is 14.7 Å². The number of Topliss-reactive ketones (excluding diaryl/α,β-unsaturated/α-hetero) is 1. The second-order valence-electron chi connectivity index (χ2n) is 4.91. The van der Waals surface area contributed by atoms with Crippen LogP contribution in [0.4, 0.5) is 0 Å². The van der Waals surface area contributed by atoms with E-state index < -0.39 is 6.10 Å². The van der Waals surface area contributed by atoms with Crippen molar-refractivity contribution in [3.05, 3.63) is 70.2 Å². The Hall–Kier alpha value is -2.17. The molecule has 5 heteroatoms. The number of aliphatic hydroxyl groups is 1. The summed E-state index contributed by atoms with van der Waals surface area (Å²) in [6, 6.07) is 13.2. The summed E-state index contributed by atoms with van der Waals surface area (Å²) in [4.78, 5) is 23.2. The van der Waals surface area contributed by atoms with Crippen molar-refractivity contribution in [2.75, 3.05) is 6.54 Å². The molecule has 0 aliphatic carbocycles. The number of nitrogens with one attached hydrogen (secondary N) is 1. The molecule has 1 atom stereocenters. The zero-order valence-electron chi connectivity index (χ0n) is 12.0. The fourth-order valence-electron chi connectivity index (χ4n) is 1.95. The van der Waals surface area contributed by atoms with Crippen LogP contribution in [0.1, 0.15) is 39.3 Å². The third-order valence-electron chi connectivity index (χ3n) is 3.26. The van der Waals surface area contributed by atoms with E-state index in [2.05, 4.69) is 5.32 Å². The summed E-state index contributed by atoms with van der Waals surface area (Å²) in [5.74, 6) is -0.353. The van der Waals surface area contributed by atoms with Crippen LogP contribution in [0.15, 0.2) is 48.5 Å². The highest BCUT2D eigenvalue weighted by molar-refractivity contribution is 6.30. The fraction of sp³-hybridized carbons (Fsp3) is 0.176. The van der Waals surface area contributed by atoms with Gasteiger partial charge in [0.15, 0.2) is 5.78 Å². The summed E-state index contributed by atoms with van der Waals surface area (Å²) in [5, 5.41) is 13.3. The van der Waals surface area contributed by atoms with Crippen molar-refractivity contribution in [3.63, 3.8) is 0 Å². The topological polar surface area (TPSA) is 66.4 Å². The first kappa shape index (κ1) is 16.2. The van der Waals surface area contributed by atoms with Crippen LogP contribution in [0, 0.1) is 0 Å². The lowest BCUT2D eigenvalue weighted by molar-refractivity contribution is 0.0915. The van der Waals surface area contributed by atoms with Crippen LogP contribution < -0.4 is 5.32 Å². The summed E-state index contributed by atoms with van der Waals surface area (Å²) in [6.45, 7) is 1.56. The zero-order chi connectivity index (χ0) is 16.1. The molecule has 0 spiro atoms. The van der Waals surface area contributed by atoms with Crippen LogP contribution in [-0.2, 0) is 0 Å². The Morgan fingerprint density at radius 2 is 1.59 bits per heavy atom. The summed E-state index contributed by atoms with van der Waals surface area (Å²) in [5.41, 5.74) is 1.67. The average molecular weight is 318 g/mol. The SMILES string of the molecule is CC(=O)c1ccc(C(=O)NCC(O)c2ccc(Cl)cc2)cc1. The van der Waals surface area contributed by atoms with Gasteiger partial charge in [0.05, 0.1) is 6.10 Å². The van der Waals surface area contributed by atoms with E-state index in [-0.39, 0.29) is 18.2 Å². The smallest absolute Gasteiger partial charge is 0.251 e. The van der Waals surface area contributed by atoms with E-state index >= 15 is 0 Å². The second-order valence-corrected chi connectivity index (χ2v) is 5.35. The molecule has 2 aromatic carbocycles. The molecule has 0 fully saturated rings. The Bertz CT molecular complexity index is 665. The maximum atomic E-state index is 12.0. The molecule has 0 saturated heterocycles. The van der Waals surface area contributed by atoms with E-state index in [1.165, 1.54) is 6.92 Å². The van der Waals surface area contributed by atoms with Gasteiger partial charge in [0.25, 0.3) is 5.91 Å². The Balaban J connectivity index is 1.94. The Morgan fingerprint density at radius 1 is 1.05 bits per heavy atom. The van der Waals surface area contributed by atoms with Crippen LogP contribution in [0.25, 0.3) is 0 Å². The molecule has 0 radical (unpaired) electrons. The molecular formula is C17H16ClNO3. The minimum Gasteiger partial charge on any atom is -0.387 e. The number of ketones is 1. The largest absolute Gasteiger partial charge is 0.387 e. The van der Waals surface area contributed by atoms with E-state index in [0.717, 1.165) is 0 Å². The molecule has 0 aliphatic heterocycles. The zero-order valence-corrected chi connectivity index (χ0v) is 12.8. The molecular weight excluding hydrogens is 302 g/mol. The quantitative estimate of drug-likeness (QED) is 0.833. The molecule has 114 valence electrons. The van der Waals surface area contributed by atoms with Crippen molar-refractivity contribution in [1.29, 1.82) is 0 Å². The molecule has 1 amide bonds. The van der Waals surface area contributed by atoms with Gasteiger partial charge in [-0.2, -0.15) is 0 Å². The van der Waals surface area contributed by atoms with Crippen LogP contribution in [0.2, 0.25) is 5.02 Å². The standard InChI is InChI=1S/C17H16ClNO3/c1-11(20)12-2-4-14(5-3-12)17(22)19-10-16(21)13-6-8-15(18)9-7-13/h2-9,16,21H,10H2,1H3,(H,19,22). The number of halogens is 1. The molecule has 1 unspecified atom stereocenters. The minimum atomic E-state index is -0.808. The van der Waals surface area contributed by atoms with Crippen molar-refractivity contribution in [2.45, 2.75) is 13.0 Å². The van der Waals surface area contributed by atoms with Crippen LogP contribution in [0.5, 0.6) is 0 Å². The van der Waals surface area contributed by atoms with Gasteiger partial charge in [0.2, 0.25) is 0 Å². The molecule has 0 bridgehead atoms. The summed E-state index contributed by atoms with van der Waals surface area (Å²) < 4.78 is 0. The number of aliphatic hydroxyl groups excluding tert-OH is 1. The van der Waals surface area contributed by atoms with Gasteiger partial charge in [0.1, 0.15) is 0 Å². The molecule has 2 aromatic rings. The first-order valence-electron chi connectivity index (χ1n) is 6.80. The van der Waals surface area contributed by atoms with Crippen LogP contribution in [0.3, 0.4) is 0 Å². The third-order valence-corrected chi connectivity index (χ3v) is 3.52. The number of benzene rings is 2. The van der Waals surface area contributed by atoms with Gasteiger partial charge in [-0.3, -0.25) is 9.59 Å². The molecule has 0 heterocycles. The maximum Gasteiger partial charge on any atom is 0.251 e. The first-order valence-corrected chi connectivity index (χ1v) is 7.18. The normalized spacial score (nSPS) is 11.8. The molecule has 2 N–H and O–H groups in total. The Labute approximate surface area is 133 Å². The lowest BCUT2D eigenvalue weighted by Crippen LogP contribution is -2.28. The van der Waals surface area contributed by atoms with Crippen molar-refractivity contribution in [1.82, 2.24) is 5.32 Å². The lowest BCUT2D eigenvalue weighted by Gasteiger charge is -2.12. The fourth-order valence-corrected chi connectivity index (χ4v) is 2.08. The van der Waals surface area contributed by atoms with E-state index in [0.29, 0.717) is 21.7 Å². The number of carbonyl (C=O) groups is 2. The van der Waals surface area contributed by atoms with Gasteiger partial charge >= 0.3 is 0 Å². The second kappa shape index (κ2) is 7.20. The lowest BCUT2D eigenvalue weighted by atomic mass is 10.1. The molecule has 0 saturated carbocycles. The monoisotopic (exact) mass is 317 g/mol. The minimum absolute atomic E-state index is 0.0508. The van der Waals surface area contributed by atoms with Gasteiger partial charge in [-0.15, -0.1) is 0 Å². The Kier molecular flexibility index (Phi) is 5.31. The van der Waals surface area contributed by atoms with Gasteiger partial charge in [0, 0.05) is 22.7 Å². The van der Waals surface area contributed by atoms with Gasteiger partial charge in [-0.25, -0.2) is 0 Å². The van der Waals surface area contributed by atoms with Gasteiger partial charge in [-0.1, -0.05) is 35.9 Å². The van der Waals surface area contributed by atoms with Crippen LogP contribution in [-0.4, -0.2) is 23.3 Å². The van der Waals surface area contributed by atoms with E-state index in [4.69, 9.17) is 11.6 Å². The number of hydrogen-bond acceptors (Lipinski definition) is 3. The molecule has 0 aliphatic rings. The van der Waals surface area contributed by atoms with Crippen molar-refractivity contribution >= 4 is 23.3 Å². The summed E-state index contributed by atoms with van der Waals surface area (Å²) >= 11 is 5.78. The molecule has 2 rings (SSSR count). The molecule has 22 heavy (non-hydrogen) atoms. The number of hydrogen-bond donors (Lipinski definition) is 2. The maximum absolute atomic E-state index is 12.0. The highest BCUT2D eigenvalue weighted by Gasteiger charge is 2.11. The predicted octanol–water partition coefficient (Wildman–Crippen LogP) is 3.01. The third kappa shape index (κ3) is 4.16. The number of amides is 1. The number of carbonyl (C=O) groups excluding carboxylic acids is 2. The first-order chi connectivity index (χ1) is 10.5. The van der Waals surface area contributed by atoms with Crippen molar-refractivity contribution in [3.8, 4) is 0 Å². The number of rotatable bonds is 5. The summed E-state index contributed by atoms with van der Waals surface area (Å²) in [6.07, 6.45) is -0.808. The highest BCUT2D eigenvalue weighted by Crippen LogP contribution is 2.16. The van der Waals surface area contributed by atoms with Crippen LogP contribution >= 0.6 is 11.6 Å². The van der Waals surface area contributed by atoms with E-state index in [1.807, 2.05) is 0 Å². The Morgan fingerprint density at radius 3 is 2.14 bits per heavy atom. The van der Waals surface area contributed by atoms with Crippen molar-refractivity contribution < 1.29 is 14.7 Å². The van der Waals surface area contributed by atoms with E-state index in [1.54, 1.807) is 48.5 Å². The summed E-state index contributed by atoms with van der Waals surface area (Å²) in [7, 11) is 0. The molecule has 0 aromatic heterocycles. The molecule has 4 nitrogen and oxygen atoms in total. The average Bonchev–Trinajstić information content (AvgIpc) is 2.53. The highest BCUT2D eigenvalue weighted by atomic mass is 35.5. The van der Waals surface area contributed by atoms with Crippen molar-refractivity contribution in [2.24, 2.45) is 0 Å².